The Morgan fingerprint density at radius 2 is 1.95 bits per heavy atom. The third-order valence-electron chi connectivity index (χ3n) is 3.33. The number of methoxy groups -OCH3 is 1. The average molecular weight is 287 g/mol. The van der Waals surface area contributed by atoms with Crippen molar-refractivity contribution in [2.45, 2.75) is 19.4 Å². The zero-order valence-electron chi connectivity index (χ0n) is 12.5. The van der Waals surface area contributed by atoms with Gasteiger partial charge in [0.25, 0.3) is 0 Å². The van der Waals surface area contributed by atoms with Crippen LogP contribution in [-0.2, 0) is 9.53 Å². The normalized spacial score (nSPS) is 12.1. The predicted octanol–water partition coefficient (Wildman–Crippen LogP) is 2.76. The Balaban J connectivity index is 1.93. The van der Waals surface area contributed by atoms with E-state index in [1.54, 1.807) is 0 Å². The van der Waals surface area contributed by atoms with Crippen molar-refractivity contribution in [1.29, 1.82) is 0 Å². The molecule has 0 aliphatic heterocycles. The molecular formula is C17H21NO3. The summed E-state index contributed by atoms with van der Waals surface area (Å²) in [5.41, 5.74) is 0. The summed E-state index contributed by atoms with van der Waals surface area (Å²) in [7, 11) is 1.40. The minimum absolute atomic E-state index is 0.251. The van der Waals surface area contributed by atoms with Crippen molar-refractivity contribution in [3.8, 4) is 5.75 Å². The summed E-state index contributed by atoms with van der Waals surface area (Å²) in [5.74, 6) is 0.563. The van der Waals surface area contributed by atoms with E-state index in [9.17, 15) is 4.79 Å². The van der Waals surface area contributed by atoms with E-state index in [1.165, 1.54) is 12.5 Å². The maximum absolute atomic E-state index is 11.6. The van der Waals surface area contributed by atoms with E-state index in [-0.39, 0.29) is 12.0 Å². The second-order valence-electron chi connectivity index (χ2n) is 4.78. The van der Waals surface area contributed by atoms with Gasteiger partial charge < -0.3 is 14.8 Å². The van der Waals surface area contributed by atoms with Crippen LogP contribution in [-0.4, -0.2) is 32.3 Å². The molecule has 0 bridgehead atoms. The van der Waals surface area contributed by atoms with Crippen LogP contribution < -0.4 is 10.1 Å². The number of carbonyl (C=O) groups is 1. The van der Waals surface area contributed by atoms with Gasteiger partial charge in [-0.25, -0.2) is 0 Å². The number of fused-ring (bicyclic) bond motifs is 1. The monoisotopic (exact) mass is 287 g/mol. The molecule has 1 N–H and O–H groups in total. The molecule has 2 rings (SSSR count). The van der Waals surface area contributed by atoms with E-state index in [2.05, 4.69) is 17.4 Å². The summed E-state index contributed by atoms with van der Waals surface area (Å²) in [4.78, 5) is 11.6. The Bertz CT molecular complexity index is 597. The number of carbonyl (C=O) groups excluding carboxylic acids is 1. The van der Waals surface area contributed by atoms with Gasteiger partial charge in [-0.05, 0) is 29.4 Å². The molecule has 0 aromatic heterocycles. The molecular weight excluding hydrogens is 266 g/mol. The van der Waals surface area contributed by atoms with Crippen molar-refractivity contribution in [3.63, 3.8) is 0 Å². The molecule has 0 saturated heterocycles. The summed E-state index contributed by atoms with van der Waals surface area (Å²) in [6.45, 7) is 3.14. The number of nitrogens with one attached hydrogen (secondary N) is 1. The smallest absolute Gasteiger partial charge is 0.322 e. The van der Waals surface area contributed by atoms with Crippen molar-refractivity contribution in [2.24, 2.45) is 0 Å². The Labute approximate surface area is 125 Å². The first-order valence-corrected chi connectivity index (χ1v) is 7.17. The molecule has 0 heterocycles. The standard InChI is InChI=1S/C17H21NO3/c1-3-18-16(17(19)20-2)10-11-21-15-9-8-13-6-4-5-7-14(13)12-15/h4-9,12,16,18H,3,10-11H2,1-2H3. The average Bonchev–Trinajstić information content (AvgIpc) is 2.53. The van der Waals surface area contributed by atoms with Gasteiger partial charge in [0.15, 0.2) is 0 Å². The molecule has 0 spiro atoms. The summed E-state index contributed by atoms with van der Waals surface area (Å²) in [6, 6.07) is 13.8. The number of rotatable bonds is 7. The first-order valence-electron chi connectivity index (χ1n) is 7.17. The SMILES string of the molecule is CCNC(CCOc1ccc2ccccc2c1)C(=O)OC. The number of hydrogen-bond acceptors (Lipinski definition) is 4. The van der Waals surface area contributed by atoms with Crippen LogP contribution in [0.25, 0.3) is 10.8 Å². The molecule has 2 aromatic carbocycles. The lowest BCUT2D eigenvalue weighted by Crippen LogP contribution is -2.38. The van der Waals surface area contributed by atoms with E-state index in [0.29, 0.717) is 13.0 Å². The fraction of sp³-hybridized carbons (Fsp3) is 0.353. The first-order chi connectivity index (χ1) is 10.2. The van der Waals surface area contributed by atoms with E-state index in [4.69, 9.17) is 9.47 Å². The van der Waals surface area contributed by atoms with Gasteiger partial charge in [-0.2, -0.15) is 0 Å². The summed E-state index contributed by atoms with van der Waals surface area (Å²) >= 11 is 0. The molecule has 0 saturated carbocycles. The van der Waals surface area contributed by atoms with E-state index in [1.807, 2.05) is 37.3 Å². The highest BCUT2D eigenvalue weighted by atomic mass is 16.5. The van der Waals surface area contributed by atoms with Gasteiger partial charge in [0.05, 0.1) is 13.7 Å². The zero-order chi connectivity index (χ0) is 15.1. The highest BCUT2D eigenvalue weighted by Gasteiger charge is 2.17. The molecule has 0 aliphatic carbocycles. The molecule has 1 unspecified atom stereocenters. The lowest BCUT2D eigenvalue weighted by molar-refractivity contribution is -0.143. The highest BCUT2D eigenvalue weighted by molar-refractivity contribution is 5.83. The second-order valence-corrected chi connectivity index (χ2v) is 4.78. The minimum atomic E-state index is -0.319. The third kappa shape index (κ3) is 4.20. The molecule has 21 heavy (non-hydrogen) atoms. The Kier molecular flexibility index (Phi) is 5.58. The first kappa shape index (κ1) is 15.3. The summed E-state index contributed by atoms with van der Waals surface area (Å²) in [5, 5.41) is 5.42. The van der Waals surface area contributed by atoms with Crippen LogP contribution in [0.15, 0.2) is 42.5 Å². The molecule has 2 aromatic rings. The van der Waals surface area contributed by atoms with Gasteiger partial charge in [0.1, 0.15) is 11.8 Å². The van der Waals surface area contributed by atoms with Gasteiger partial charge in [0, 0.05) is 6.42 Å². The maximum Gasteiger partial charge on any atom is 0.322 e. The fourth-order valence-corrected chi connectivity index (χ4v) is 2.24. The van der Waals surface area contributed by atoms with Gasteiger partial charge in [-0.15, -0.1) is 0 Å². The zero-order valence-corrected chi connectivity index (χ0v) is 12.5. The van der Waals surface area contributed by atoms with Crippen LogP contribution in [0.4, 0.5) is 0 Å². The van der Waals surface area contributed by atoms with Crippen molar-refractivity contribution < 1.29 is 14.3 Å². The largest absolute Gasteiger partial charge is 0.493 e. The maximum atomic E-state index is 11.6. The van der Waals surface area contributed by atoms with Gasteiger partial charge in [-0.3, -0.25) is 4.79 Å². The molecule has 0 fully saturated rings. The molecule has 4 heteroatoms. The molecule has 1 atom stereocenters. The van der Waals surface area contributed by atoms with Crippen LogP contribution in [0.2, 0.25) is 0 Å². The summed E-state index contributed by atoms with van der Waals surface area (Å²) in [6.07, 6.45) is 0.577. The van der Waals surface area contributed by atoms with Crippen molar-refractivity contribution in [1.82, 2.24) is 5.32 Å². The molecule has 112 valence electrons. The van der Waals surface area contributed by atoms with Gasteiger partial charge >= 0.3 is 5.97 Å². The molecule has 0 amide bonds. The van der Waals surface area contributed by atoms with E-state index < -0.39 is 0 Å². The van der Waals surface area contributed by atoms with Crippen molar-refractivity contribution in [2.75, 3.05) is 20.3 Å². The number of ether oxygens (including phenoxy) is 2. The quantitative estimate of drug-likeness (QED) is 0.795. The Morgan fingerprint density at radius 3 is 2.67 bits per heavy atom. The van der Waals surface area contributed by atoms with E-state index >= 15 is 0 Å². The Morgan fingerprint density at radius 1 is 1.19 bits per heavy atom. The number of esters is 1. The van der Waals surface area contributed by atoms with Crippen LogP contribution in [0.3, 0.4) is 0 Å². The lowest BCUT2D eigenvalue weighted by atomic mass is 10.1. The van der Waals surface area contributed by atoms with Gasteiger partial charge in [0.2, 0.25) is 0 Å². The highest BCUT2D eigenvalue weighted by Crippen LogP contribution is 2.20. The van der Waals surface area contributed by atoms with Crippen molar-refractivity contribution >= 4 is 16.7 Å². The van der Waals surface area contributed by atoms with Crippen LogP contribution in [0.1, 0.15) is 13.3 Å². The van der Waals surface area contributed by atoms with Gasteiger partial charge in [-0.1, -0.05) is 37.3 Å². The van der Waals surface area contributed by atoms with Crippen LogP contribution in [0.5, 0.6) is 5.75 Å². The number of hydrogen-bond donors (Lipinski definition) is 1. The summed E-state index contributed by atoms with van der Waals surface area (Å²) < 4.78 is 10.5. The molecule has 4 nitrogen and oxygen atoms in total. The topological polar surface area (TPSA) is 47.6 Å². The van der Waals surface area contributed by atoms with Crippen LogP contribution in [0, 0.1) is 0 Å². The molecule has 0 radical (unpaired) electrons. The lowest BCUT2D eigenvalue weighted by Gasteiger charge is -2.15. The second kappa shape index (κ2) is 7.64. The number of likely N-dealkylation sites (N-methyl/N-ethyl adjacent to an activating group) is 1. The Hall–Kier alpha value is -2.07. The third-order valence-corrected chi connectivity index (χ3v) is 3.33. The minimum Gasteiger partial charge on any atom is -0.493 e. The fourth-order valence-electron chi connectivity index (χ4n) is 2.24. The van der Waals surface area contributed by atoms with Crippen LogP contribution >= 0.6 is 0 Å². The predicted molar refractivity (Wildman–Crippen MR) is 83.5 cm³/mol. The van der Waals surface area contributed by atoms with E-state index in [0.717, 1.165) is 17.7 Å². The molecule has 0 aliphatic rings. The number of benzene rings is 2. The van der Waals surface area contributed by atoms with Crippen molar-refractivity contribution in [3.05, 3.63) is 42.5 Å².